The molecule has 1 saturated heterocycles. The number of piperazine rings is 1. The third kappa shape index (κ3) is 4.51. The van der Waals surface area contributed by atoms with Crippen molar-refractivity contribution >= 4 is 5.69 Å². The maximum Gasteiger partial charge on any atom is 0.0369 e. The summed E-state index contributed by atoms with van der Waals surface area (Å²) in [4.78, 5) is 5.11. The zero-order valence-corrected chi connectivity index (χ0v) is 12.4. The van der Waals surface area contributed by atoms with Gasteiger partial charge in [-0.3, -0.25) is 4.90 Å². The van der Waals surface area contributed by atoms with Crippen LogP contribution in [0.1, 0.15) is 18.4 Å². The molecule has 0 saturated carbocycles. The quantitative estimate of drug-likeness (QED) is 0.791. The molecule has 2 rings (SSSR count). The van der Waals surface area contributed by atoms with Crippen LogP contribution in [0.3, 0.4) is 0 Å². The molecule has 1 N–H and O–H groups in total. The van der Waals surface area contributed by atoms with Gasteiger partial charge in [-0.05, 0) is 57.6 Å². The highest BCUT2D eigenvalue weighted by molar-refractivity contribution is 5.48. The fourth-order valence-corrected chi connectivity index (χ4v) is 2.69. The van der Waals surface area contributed by atoms with Crippen molar-refractivity contribution in [3.8, 4) is 0 Å². The minimum Gasteiger partial charge on any atom is -0.369 e. The number of rotatable bonds is 6. The van der Waals surface area contributed by atoms with Crippen molar-refractivity contribution in [2.45, 2.75) is 19.8 Å². The van der Waals surface area contributed by atoms with E-state index in [2.05, 4.69) is 46.3 Å². The van der Waals surface area contributed by atoms with E-state index in [1.807, 2.05) is 7.05 Å². The highest BCUT2D eigenvalue weighted by Crippen LogP contribution is 2.17. The predicted molar refractivity (Wildman–Crippen MR) is 83.0 cm³/mol. The predicted octanol–water partition coefficient (Wildman–Crippen LogP) is 2.12. The molecule has 1 aromatic rings. The van der Waals surface area contributed by atoms with Crippen LogP contribution in [0.2, 0.25) is 0 Å². The molecule has 0 radical (unpaired) electrons. The number of nitrogens with zero attached hydrogens (tertiary/aromatic N) is 2. The molecule has 0 bridgehead atoms. The van der Waals surface area contributed by atoms with Crippen LogP contribution in [-0.4, -0.2) is 51.2 Å². The van der Waals surface area contributed by atoms with E-state index in [1.54, 1.807) is 0 Å². The summed E-state index contributed by atoms with van der Waals surface area (Å²) in [5.41, 5.74) is 2.74. The molecular weight excluding hydrogens is 234 g/mol. The van der Waals surface area contributed by atoms with Gasteiger partial charge in [0.15, 0.2) is 0 Å². The molecular formula is C16H27N3. The van der Waals surface area contributed by atoms with Crippen molar-refractivity contribution in [3.63, 3.8) is 0 Å². The van der Waals surface area contributed by atoms with Gasteiger partial charge in [-0.25, -0.2) is 0 Å². The van der Waals surface area contributed by atoms with Gasteiger partial charge in [0.05, 0.1) is 0 Å². The second kappa shape index (κ2) is 7.51. The molecule has 0 unspecified atom stereocenters. The summed E-state index contributed by atoms with van der Waals surface area (Å²) < 4.78 is 0. The summed E-state index contributed by atoms with van der Waals surface area (Å²) in [7, 11) is 2.03. The van der Waals surface area contributed by atoms with Crippen molar-refractivity contribution < 1.29 is 0 Å². The maximum absolute atomic E-state index is 3.21. The summed E-state index contributed by atoms with van der Waals surface area (Å²) in [5, 5.41) is 3.21. The SMILES string of the molecule is CNCCCCN1CCN(c2cccc(C)c2)CC1. The van der Waals surface area contributed by atoms with Crippen LogP contribution in [0.4, 0.5) is 5.69 Å². The molecule has 3 heteroatoms. The van der Waals surface area contributed by atoms with Gasteiger partial charge in [-0.15, -0.1) is 0 Å². The monoisotopic (exact) mass is 261 g/mol. The van der Waals surface area contributed by atoms with Gasteiger partial charge >= 0.3 is 0 Å². The van der Waals surface area contributed by atoms with Crippen molar-refractivity contribution in [2.24, 2.45) is 0 Å². The molecule has 1 aromatic carbocycles. The molecule has 1 fully saturated rings. The number of benzene rings is 1. The van der Waals surface area contributed by atoms with Gasteiger partial charge in [-0.2, -0.15) is 0 Å². The summed E-state index contributed by atoms with van der Waals surface area (Å²) in [6.45, 7) is 9.29. The molecule has 1 aliphatic heterocycles. The Bertz CT molecular complexity index is 370. The Morgan fingerprint density at radius 2 is 1.89 bits per heavy atom. The lowest BCUT2D eigenvalue weighted by Crippen LogP contribution is -2.46. The fraction of sp³-hybridized carbons (Fsp3) is 0.625. The fourth-order valence-electron chi connectivity index (χ4n) is 2.69. The Labute approximate surface area is 117 Å². The van der Waals surface area contributed by atoms with Crippen molar-refractivity contribution in [2.75, 3.05) is 51.2 Å². The van der Waals surface area contributed by atoms with Crippen LogP contribution < -0.4 is 10.2 Å². The lowest BCUT2D eigenvalue weighted by atomic mass is 10.2. The molecule has 0 amide bonds. The largest absolute Gasteiger partial charge is 0.369 e. The van der Waals surface area contributed by atoms with Gasteiger partial charge in [0.2, 0.25) is 0 Å². The van der Waals surface area contributed by atoms with Gasteiger partial charge in [0.25, 0.3) is 0 Å². The second-order valence-corrected chi connectivity index (χ2v) is 5.48. The standard InChI is InChI=1S/C16H27N3/c1-15-6-5-7-16(14-15)19-12-10-18(11-13-19)9-4-3-8-17-2/h5-7,14,17H,3-4,8-13H2,1-2H3. The van der Waals surface area contributed by atoms with E-state index in [-0.39, 0.29) is 0 Å². The average molecular weight is 261 g/mol. The number of nitrogens with one attached hydrogen (secondary N) is 1. The lowest BCUT2D eigenvalue weighted by Gasteiger charge is -2.36. The van der Waals surface area contributed by atoms with Crippen molar-refractivity contribution in [1.82, 2.24) is 10.2 Å². The Hall–Kier alpha value is -1.06. The van der Waals surface area contributed by atoms with Crippen molar-refractivity contribution in [1.29, 1.82) is 0 Å². The lowest BCUT2D eigenvalue weighted by molar-refractivity contribution is 0.253. The molecule has 0 atom stereocenters. The maximum atomic E-state index is 3.21. The minimum absolute atomic E-state index is 1.14. The topological polar surface area (TPSA) is 18.5 Å². The van der Waals surface area contributed by atoms with Crippen LogP contribution in [0.5, 0.6) is 0 Å². The number of hydrogen-bond donors (Lipinski definition) is 1. The van der Waals surface area contributed by atoms with E-state index in [0.29, 0.717) is 0 Å². The molecule has 1 aliphatic rings. The summed E-state index contributed by atoms with van der Waals surface area (Å²) in [5.74, 6) is 0. The average Bonchev–Trinajstić information content (AvgIpc) is 2.44. The third-order valence-corrected chi connectivity index (χ3v) is 3.89. The smallest absolute Gasteiger partial charge is 0.0369 e. The van der Waals surface area contributed by atoms with E-state index in [1.165, 1.54) is 43.7 Å². The number of anilines is 1. The van der Waals surface area contributed by atoms with Crippen molar-refractivity contribution in [3.05, 3.63) is 29.8 Å². The summed E-state index contributed by atoms with van der Waals surface area (Å²) >= 11 is 0. The van der Waals surface area contributed by atoms with Crippen LogP contribution in [0.25, 0.3) is 0 Å². The Morgan fingerprint density at radius 3 is 2.58 bits per heavy atom. The number of aryl methyl sites for hydroxylation is 1. The first-order valence-electron chi connectivity index (χ1n) is 7.48. The third-order valence-electron chi connectivity index (χ3n) is 3.89. The molecule has 0 aromatic heterocycles. The molecule has 19 heavy (non-hydrogen) atoms. The minimum atomic E-state index is 1.14. The Morgan fingerprint density at radius 1 is 1.11 bits per heavy atom. The highest BCUT2D eigenvalue weighted by Gasteiger charge is 2.16. The highest BCUT2D eigenvalue weighted by atomic mass is 15.3. The summed E-state index contributed by atoms with van der Waals surface area (Å²) in [6.07, 6.45) is 2.60. The van der Waals surface area contributed by atoms with Crippen LogP contribution in [-0.2, 0) is 0 Å². The number of hydrogen-bond acceptors (Lipinski definition) is 3. The van der Waals surface area contributed by atoms with Crippen LogP contribution in [0, 0.1) is 6.92 Å². The van der Waals surface area contributed by atoms with E-state index < -0.39 is 0 Å². The van der Waals surface area contributed by atoms with Gasteiger partial charge in [0, 0.05) is 31.9 Å². The first kappa shape index (κ1) is 14.4. The first-order chi connectivity index (χ1) is 9.29. The molecule has 0 aliphatic carbocycles. The summed E-state index contributed by atoms with van der Waals surface area (Å²) in [6, 6.07) is 8.86. The van der Waals surface area contributed by atoms with E-state index in [0.717, 1.165) is 19.6 Å². The van der Waals surface area contributed by atoms with Gasteiger partial charge < -0.3 is 10.2 Å². The van der Waals surface area contributed by atoms with E-state index >= 15 is 0 Å². The zero-order valence-electron chi connectivity index (χ0n) is 12.4. The zero-order chi connectivity index (χ0) is 13.5. The van der Waals surface area contributed by atoms with E-state index in [4.69, 9.17) is 0 Å². The Kier molecular flexibility index (Phi) is 5.67. The first-order valence-corrected chi connectivity index (χ1v) is 7.48. The Balaban J connectivity index is 1.73. The van der Waals surface area contributed by atoms with E-state index in [9.17, 15) is 0 Å². The second-order valence-electron chi connectivity index (χ2n) is 5.48. The van der Waals surface area contributed by atoms with Gasteiger partial charge in [0.1, 0.15) is 0 Å². The number of unbranched alkanes of at least 4 members (excludes halogenated alkanes) is 1. The molecule has 1 heterocycles. The molecule has 3 nitrogen and oxygen atoms in total. The molecule has 0 spiro atoms. The van der Waals surface area contributed by atoms with Gasteiger partial charge in [-0.1, -0.05) is 12.1 Å². The van der Waals surface area contributed by atoms with Crippen LogP contribution >= 0.6 is 0 Å². The normalized spacial score (nSPS) is 16.8. The van der Waals surface area contributed by atoms with Crippen LogP contribution in [0.15, 0.2) is 24.3 Å². The molecule has 106 valence electrons.